The lowest BCUT2D eigenvalue weighted by Gasteiger charge is -2.25. The Balaban J connectivity index is 1.63. The van der Waals surface area contributed by atoms with Gasteiger partial charge in [-0.05, 0) is 57.3 Å². The Morgan fingerprint density at radius 1 is 1.20 bits per heavy atom. The third kappa shape index (κ3) is 4.71. The first kappa shape index (κ1) is 21.6. The van der Waals surface area contributed by atoms with E-state index >= 15 is 0 Å². The normalized spacial score (nSPS) is 14.8. The minimum atomic E-state index is -0.734. The van der Waals surface area contributed by atoms with Crippen LogP contribution in [0.3, 0.4) is 0 Å². The molecule has 1 aliphatic rings. The molecule has 1 saturated heterocycles. The van der Waals surface area contributed by atoms with Gasteiger partial charge < -0.3 is 20.1 Å². The molecule has 2 aromatic rings. The van der Waals surface area contributed by atoms with Gasteiger partial charge in [-0.1, -0.05) is 6.07 Å². The zero-order valence-electron chi connectivity index (χ0n) is 17.9. The average Bonchev–Trinajstić information content (AvgIpc) is 3.31. The number of amides is 3. The van der Waals surface area contributed by atoms with Crippen LogP contribution >= 0.6 is 0 Å². The number of anilines is 2. The number of benzene rings is 1. The van der Waals surface area contributed by atoms with Crippen LogP contribution in [0, 0.1) is 6.92 Å². The van der Waals surface area contributed by atoms with E-state index in [1.807, 2.05) is 61.9 Å². The van der Waals surface area contributed by atoms with Gasteiger partial charge in [0.2, 0.25) is 5.91 Å². The standard InChI is InChI=1S/C22H29N5O3/c1-15-9-10-16(13-18(15)27-12-6-8-20(27)28)24-22(30)21(29)23-14-19(25(2)3)17-7-5-11-26(17)4/h5,7,9-11,13,19H,6,8,12,14H2,1-4H3,(H,23,29)(H,24,30). The lowest BCUT2D eigenvalue weighted by molar-refractivity contribution is -0.136. The molecule has 2 heterocycles. The highest BCUT2D eigenvalue weighted by atomic mass is 16.2. The summed E-state index contributed by atoms with van der Waals surface area (Å²) in [6, 6.07) is 9.19. The molecule has 30 heavy (non-hydrogen) atoms. The van der Waals surface area contributed by atoms with Crippen LogP contribution in [-0.2, 0) is 21.4 Å². The van der Waals surface area contributed by atoms with Crippen molar-refractivity contribution >= 4 is 29.1 Å². The highest BCUT2D eigenvalue weighted by Crippen LogP contribution is 2.28. The van der Waals surface area contributed by atoms with Crippen LogP contribution in [0.5, 0.6) is 0 Å². The molecule has 160 valence electrons. The van der Waals surface area contributed by atoms with Crippen LogP contribution in [0.2, 0.25) is 0 Å². The fraction of sp³-hybridized carbons (Fsp3) is 0.409. The van der Waals surface area contributed by atoms with E-state index in [1.165, 1.54) is 0 Å². The first-order chi connectivity index (χ1) is 14.3. The van der Waals surface area contributed by atoms with Crippen LogP contribution in [-0.4, -0.2) is 54.4 Å². The molecule has 1 unspecified atom stereocenters. The van der Waals surface area contributed by atoms with Crippen molar-refractivity contribution in [3.05, 3.63) is 47.8 Å². The van der Waals surface area contributed by atoms with E-state index in [0.717, 1.165) is 23.4 Å². The van der Waals surface area contributed by atoms with Crippen molar-refractivity contribution in [2.45, 2.75) is 25.8 Å². The smallest absolute Gasteiger partial charge is 0.313 e. The number of hydrogen-bond donors (Lipinski definition) is 2. The summed E-state index contributed by atoms with van der Waals surface area (Å²) in [5.74, 6) is -1.35. The number of aromatic nitrogens is 1. The van der Waals surface area contributed by atoms with Gasteiger partial charge >= 0.3 is 11.8 Å². The molecule has 0 radical (unpaired) electrons. The SMILES string of the molecule is Cc1ccc(NC(=O)C(=O)NCC(c2cccn2C)N(C)C)cc1N1CCCC1=O. The molecular weight excluding hydrogens is 382 g/mol. The number of likely N-dealkylation sites (N-methyl/N-ethyl adjacent to an activating group) is 1. The summed E-state index contributed by atoms with van der Waals surface area (Å²) in [4.78, 5) is 40.6. The number of rotatable bonds is 6. The molecule has 1 fully saturated rings. The predicted octanol–water partition coefficient (Wildman–Crippen LogP) is 1.82. The maximum atomic E-state index is 12.4. The zero-order valence-corrected chi connectivity index (χ0v) is 17.9. The van der Waals surface area contributed by atoms with Crippen molar-refractivity contribution in [2.24, 2.45) is 7.05 Å². The molecule has 1 aromatic heterocycles. The monoisotopic (exact) mass is 411 g/mol. The lowest BCUT2D eigenvalue weighted by Crippen LogP contribution is -2.40. The number of nitrogens with one attached hydrogen (secondary N) is 2. The number of aryl methyl sites for hydroxylation is 2. The van der Waals surface area contributed by atoms with Gasteiger partial charge in [0.25, 0.3) is 0 Å². The summed E-state index contributed by atoms with van der Waals surface area (Å²) < 4.78 is 1.99. The van der Waals surface area contributed by atoms with Crippen LogP contribution in [0.1, 0.15) is 30.1 Å². The van der Waals surface area contributed by atoms with Crippen molar-refractivity contribution < 1.29 is 14.4 Å². The first-order valence-electron chi connectivity index (χ1n) is 10.1. The van der Waals surface area contributed by atoms with Crippen molar-refractivity contribution in [3.63, 3.8) is 0 Å². The lowest BCUT2D eigenvalue weighted by atomic mass is 10.1. The van der Waals surface area contributed by atoms with Gasteiger partial charge in [0.15, 0.2) is 0 Å². The summed E-state index contributed by atoms with van der Waals surface area (Å²) in [6.07, 6.45) is 3.30. The minimum Gasteiger partial charge on any atom is -0.353 e. The van der Waals surface area contributed by atoms with Gasteiger partial charge in [-0.25, -0.2) is 0 Å². The second kappa shape index (κ2) is 9.13. The Kier molecular flexibility index (Phi) is 6.56. The highest BCUT2D eigenvalue weighted by Gasteiger charge is 2.24. The molecule has 3 rings (SSSR count). The Labute approximate surface area is 176 Å². The Bertz CT molecular complexity index is 950. The number of carbonyl (C=O) groups is 3. The Morgan fingerprint density at radius 3 is 2.57 bits per heavy atom. The molecule has 2 N–H and O–H groups in total. The van der Waals surface area contributed by atoms with E-state index < -0.39 is 11.8 Å². The zero-order chi connectivity index (χ0) is 21.8. The summed E-state index contributed by atoms with van der Waals surface area (Å²) in [6.45, 7) is 2.89. The van der Waals surface area contributed by atoms with Gasteiger partial charge in [0.05, 0.1) is 6.04 Å². The van der Waals surface area contributed by atoms with E-state index in [4.69, 9.17) is 0 Å². The van der Waals surface area contributed by atoms with E-state index in [2.05, 4.69) is 10.6 Å². The fourth-order valence-electron chi connectivity index (χ4n) is 3.71. The number of nitrogens with zero attached hydrogens (tertiary/aromatic N) is 3. The van der Waals surface area contributed by atoms with E-state index in [9.17, 15) is 14.4 Å². The van der Waals surface area contributed by atoms with E-state index in [1.54, 1.807) is 17.0 Å². The molecule has 3 amide bonds. The second-order valence-electron chi connectivity index (χ2n) is 7.84. The summed E-state index contributed by atoms with van der Waals surface area (Å²) in [5.41, 5.74) is 3.25. The maximum absolute atomic E-state index is 12.4. The third-order valence-electron chi connectivity index (χ3n) is 5.44. The molecule has 1 atom stereocenters. The highest BCUT2D eigenvalue weighted by molar-refractivity contribution is 6.39. The van der Waals surface area contributed by atoms with Crippen molar-refractivity contribution in [3.8, 4) is 0 Å². The molecule has 0 spiro atoms. The second-order valence-corrected chi connectivity index (χ2v) is 7.84. The molecular formula is C22H29N5O3. The number of carbonyl (C=O) groups excluding carboxylic acids is 3. The summed E-state index contributed by atoms with van der Waals surface area (Å²) >= 11 is 0. The van der Waals surface area contributed by atoms with Crippen LogP contribution in [0.4, 0.5) is 11.4 Å². The summed E-state index contributed by atoms with van der Waals surface area (Å²) in [7, 11) is 5.80. The largest absolute Gasteiger partial charge is 0.353 e. The molecule has 0 aliphatic carbocycles. The van der Waals surface area contributed by atoms with Crippen LogP contribution in [0.15, 0.2) is 36.5 Å². The van der Waals surface area contributed by atoms with E-state index in [-0.39, 0.29) is 11.9 Å². The average molecular weight is 412 g/mol. The van der Waals surface area contributed by atoms with Crippen molar-refractivity contribution in [2.75, 3.05) is 37.4 Å². The van der Waals surface area contributed by atoms with Crippen molar-refractivity contribution in [1.82, 2.24) is 14.8 Å². The fourth-order valence-corrected chi connectivity index (χ4v) is 3.71. The van der Waals surface area contributed by atoms with Gasteiger partial charge in [0.1, 0.15) is 0 Å². The van der Waals surface area contributed by atoms with Gasteiger partial charge in [-0.2, -0.15) is 0 Å². The minimum absolute atomic E-state index is 0.0612. The molecule has 0 bridgehead atoms. The van der Waals surface area contributed by atoms with Crippen molar-refractivity contribution in [1.29, 1.82) is 0 Å². The molecule has 0 saturated carbocycles. The predicted molar refractivity (Wildman–Crippen MR) is 116 cm³/mol. The number of hydrogen-bond acceptors (Lipinski definition) is 4. The van der Waals surface area contributed by atoms with E-state index in [0.29, 0.717) is 25.2 Å². The van der Waals surface area contributed by atoms with Crippen LogP contribution in [0.25, 0.3) is 0 Å². The van der Waals surface area contributed by atoms with Gasteiger partial charge in [0, 0.05) is 49.8 Å². The maximum Gasteiger partial charge on any atom is 0.313 e. The quantitative estimate of drug-likeness (QED) is 0.710. The molecule has 8 nitrogen and oxygen atoms in total. The third-order valence-corrected chi connectivity index (χ3v) is 5.44. The van der Waals surface area contributed by atoms with Gasteiger partial charge in [-0.3, -0.25) is 19.3 Å². The molecule has 1 aromatic carbocycles. The summed E-state index contributed by atoms with van der Waals surface area (Å²) in [5, 5.41) is 5.36. The molecule has 1 aliphatic heterocycles. The Hall–Kier alpha value is -3.13. The first-order valence-corrected chi connectivity index (χ1v) is 10.1. The Morgan fingerprint density at radius 2 is 1.97 bits per heavy atom. The van der Waals surface area contributed by atoms with Crippen LogP contribution < -0.4 is 15.5 Å². The van der Waals surface area contributed by atoms with Gasteiger partial charge in [-0.15, -0.1) is 0 Å². The molecule has 8 heteroatoms. The topological polar surface area (TPSA) is 86.7 Å².